The highest BCUT2D eigenvalue weighted by molar-refractivity contribution is 9.10. The van der Waals surface area contributed by atoms with E-state index in [1.54, 1.807) is 4.90 Å². The predicted octanol–water partition coefficient (Wildman–Crippen LogP) is 4.78. The monoisotopic (exact) mass is 474 g/mol. The van der Waals surface area contributed by atoms with Gasteiger partial charge in [-0.3, -0.25) is 9.59 Å². The maximum Gasteiger partial charge on any atom is 0.261 e. The molecule has 2 amide bonds. The van der Waals surface area contributed by atoms with Crippen molar-refractivity contribution in [1.29, 1.82) is 0 Å². The number of ether oxygens (including phenoxy) is 1. The summed E-state index contributed by atoms with van der Waals surface area (Å²) in [6.07, 6.45) is 1.38. The van der Waals surface area contributed by atoms with Crippen molar-refractivity contribution in [2.24, 2.45) is 0 Å². The second kappa shape index (κ2) is 11.7. The molecule has 2 aromatic carbocycles. The van der Waals surface area contributed by atoms with Crippen LogP contribution in [0.2, 0.25) is 0 Å². The largest absolute Gasteiger partial charge is 0.484 e. The van der Waals surface area contributed by atoms with E-state index in [0.29, 0.717) is 25.3 Å². The molecule has 0 aromatic heterocycles. The van der Waals surface area contributed by atoms with E-state index in [9.17, 15) is 9.59 Å². The third-order valence-electron chi connectivity index (χ3n) is 5.03. The first-order valence-electron chi connectivity index (χ1n) is 10.4. The molecule has 30 heavy (non-hydrogen) atoms. The standard InChI is InChI=1S/C24H31BrN2O3/c1-5-13-26-24(29)22(6-2)27(15-19-10-8-7-9-17(19)3)23(28)16-30-20-11-12-21(25)18(4)14-20/h7-12,14,22H,5-6,13,15-16H2,1-4H3,(H,26,29)/t22-/m1/s1. The quantitative estimate of drug-likeness (QED) is 0.538. The van der Waals surface area contributed by atoms with Gasteiger partial charge >= 0.3 is 0 Å². The lowest BCUT2D eigenvalue weighted by Crippen LogP contribution is -2.50. The Balaban J connectivity index is 2.21. The van der Waals surface area contributed by atoms with E-state index in [1.807, 2.05) is 70.2 Å². The van der Waals surface area contributed by atoms with Crippen molar-refractivity contribution in [1.82, 2.24) is 10.2 Å². The zero-order valence-electron chi connectivity index (χ0n) is 18.2. The molecule has 0 unspecified atom stereocenters. The fourth-order valence-corrected chi connectivity index (χ4v) is 3.44. The predicted molar refractivity (Wildman–Crippen MR) is 123 cm³/mol. The average Bonchev–Trinajstić information content (AvgIpc) is 2.74. The van der Waals surface area contributed by atoms with Crippen molar-refractivity contribution in [3.05, 3.63) is 63.6 Å². The molecule has 2 rings (SSSR count). The molecule has 0 fully saturated rings. The zero-order valence-corrected chi connectivity index (χ0v) is 19.8. The number of amides is 2. The van der Waals surface area contributed by atoms with Gasteiger partial charge in [-0.1, -0.05) is 54.0 Å². The number of hydrogen-bond donors (Lipinski definition) is 1. The van der Waals surface area contributed by atoms with Crippen LogP contribution < -0.4 is 10.1 Å². The molecule has 2 aromatic rings. The summed E-state index contributed by atoms with van der Waals surface area (Å²) >= 11 is 3.47. The number of halogens is 1. The Morgan fingerprint density at radius 2 is 1.83 bits per heavy atom. The first kappa shape index (κ1) is 23.9. The van der Waals surface area contributed by atoms with Gasteiger partial charge in [0.2, 0.25) is 5.91 Å². The van der Waals surface area contributed by atoms with Gasteiger partial charge < -0.3 is 15.0 Å². The molecule has 0 saturated heterocycles. The lowest BCUT2D eigenvalue weighted by atomic mass is 10.1. The number of benzene rings is 2. The summed E-state index contributed by atoms with van der Waals surface area (Å²) < 4.78 is 6.75. The van der Waals surface area contributed by atoms with Crippen LogP contribution >= 0.6 is 15.9 Å². The minimum Gasteiger partial charge on any atom is -0.484 e. The highest BCUT2D eigenvalue weighted by Crippen LogP contribution is 2.22. The third kappa shape index (κ3) is 6.59. The Morgan fingerprint density at radius 1 is 1.10 bits per heavy atom. The molecule has 0 bridgehead atoms. The second-order valence-corrected chi connectivity index (χ2v) is 8.22. The number of hydrogen-bond acceptors (Lipinski definition) is 3. The second-order valence-electron chi connectivity index (χ2n) is 7.36. The van der Waals surface area contributed by atoms with Crippen LogP contribution in [0.4, 0.5) is 0 Å². The number of carbonyl (C=O) groups is 2. The van der Waals surface area contributed by atoms with Gasteiger partial charge in [0.05, 0.1) is 0 Å². The smallest absolute Gasteiger partial charge is 0.261 e. The Hall–Kier alpha value is -2.34. The van der Waals surface area contributed by atoms with Crippen LogP contribution in [0, 0.1) is 13.8 Å². The van der Waals surface area contributed by atoms with E-state index < -0.39 is 6.04 Å². The van der Waals surface area contributed by atoms with Crippen molar-refractivity contribution in [3.63, 3.8) is 0 Å². The van der Waals surface area contributed by atoms with Gasteiger partial charge in [0, 0.05) is 17.6 Å². The fourth-order valence-electron chi connectivity index (χ4n) is 3.19. The molecule has 0 aliphatic rings. The van der Waals surface area contributed by atoms with Crippen molar-refractivity contribution in [2.75, 3.05) is 13.2 Å². The number of aryl methyl sites for hydroxylation is 2. The maximum atomic E-state index is 13.2. The van der Waals surface area contributed by atoms with Crippen LogP contribution in [0.5, 0.6) is 5.75 Å². The number of nitrogens with one attached hydrogen (secondary N) is 1. The number of rotatable bonds is 10. The van der Waals surface area contributed by atoms with Crippen LogP contribution in [-0.2, 0) is 16.1 Å². The Bertz CT molecular complexity index is 869. The van der Waals surface area contributed by atoms with Gasteiger partial charge in [-0.25, -0.2) is 0 Å². The lowest BCUT2D eigenvalue weighted by Gasteiger charge is -2.31. The van der Waals surface area contributed by atoms with E-state index in [0.717, 1.165) is 27.6 Å². The number of nitrogens with zero attached hydrogens (tertiary/aromatic N) is 1. The Kier molecular flexibility index (Phi) is 9.37. The maximum absolute atomic E-state index is 13.2. The summed E-state index contributed by atoms with van der Waals surface area (Å²) in [6, 6.07) is 13.0. The molecule has 6 heteroatoms. The first-order chi connectivity index (χ1) is 14.4. The first-order valence-corrected chi connectivity index (χ1v) is 11.2. The van der Waals surface area contributed by atoms with Crippen molar-refractivity contribution >= 4 is 27.7 Å². The number of carbonyl (C=O) groups excluding carboxylic acids is 2. The highest BCUT2D eigenvalue weighted by Gasteiger charge is 2.29. The van der Waals surface area contributed by atoms with Gasteiger partial charge in [0.1, 0.15) is 11.8 Å². The summed E-state index contributed by atoms with van der Waals surface area (Å²) in [5, 5.41) is 2.93. The van der Waals surface area contributed by atoms with Gasteiger partial charge in [-0.15, -0.1) is 0 Å². The van der Waals surface area contributed by atoms with E-state index in [4.69, 9.17) is 4.74 Å². The van der Waals surface area contributed by atoms with Gasteiger partial charge in [0.25, 0.3) is 5.91 Å². The van der Waals surface area contributed by atoms with Gasteiger partial charge in [-0.2, -0.15) is 0 Å². The molecule has 0 radical (unpaired) electrons. The lowest BCUT2D eigenvalue weighted by molar-refractivity contribution is -0.143. The van der Waals surface area contributed by atoms with Crippen molar-refractivity contribution < 1.29 is 14.3 Å². The zero-order chi connectivity index (χ0) is 22.1. The molecule has 0 aliphatic heterocycles. The average molecular weight is 475 g/mol. The molecular formula is C24H31BrN2O3. The molecule has 0 aliphatic carbocycles. The topological polar surface area (TPSA) is 58.6 Å². The molecular weight excluding hydrogens is 444 g/mol. The minimum absolute atomic E-state index is 0.121. The fraction of sp³-hybridized carbons (Fsp3) is 0.417. The van der Waals surface area contributed by atoms with Crippen molar-refractivity contribution in [2.45, 2.75) is 53.1 Å². The molecule has 5 nitrogen and oxygen atoms in total. The van der Waals surface area contributed by atoms with E-state index >= 15 is 0 Å². The summed E-state index contributed by atoms with van der Waals surface area (Å²) in [6.45, 7) is 8.75. The van der Waals surface area contributed by atoms with Crippen LogP contribution in [-0.4, -0.2) is 35.9 Å². The minimum atomic E-state index is -0.543. The molecule has 1 N–H and O–H groups in total. The summed E-state index contributed by atoms with van der Waals surface area (Å²) in [4.78, 5) is 27.6. The molecule has 0 saturated carbocycles. The van der Waals surface area contributed by atoms with E-state index in [-0.39, 0.29) is 18.4 Å². The molecule has 1 atom stereocenters. The Labute approximate surface area is 187 Å². The SMILES string of the molecule is CCCNC(=O)[C@@H](CC)N(Cc1ccccc1C)C(=O)COc1ccc(Br)c(C)c1. The molecule has 162 valence electrons. The summed E-state index contributed by atoms with van der Waals surface area (Å²) in [7, 11) is 0. The normalized spacial score (nSPS) is 11.6. The van der Waals surface area contributed by atoms with Crippen LogP contribution in [0.15, 0.2) is 46.9 Å². The molecule has 0 heterocycles. The highest BCUT2D eigenvalue weighted by atomic mass is 79.9. The summed E-state index contributed by atoms with van der Waals surface area (Å²) in [5.41, 5.74) is 3.14. The molecule has 0 spiro atoms. The van der Waals surface area contributed by atoms with Crippen LogP contribution in [0.1, 0.15) is 43.4 Å². The Morgan fingerprint density at radius 3 is 2.47 bits per heavy atom. The van der Waals surface area contributed by atoms with E-state index in [1.165, 1.54) is 0 Å². The van der Waals surface area contributed by atoms with Crippen LogP contribution in [0.25, 0.3) is 0 Å². The van der Waals surface area contributed by atoms with Crippen molar-refractivity contribution in [3.8, 4) is 5.75 Å². The van der Waals surface area contributed by atoms with Gasteiger partial charge in [-0.05, 0) is 61.6 Å². The van der Waals surface area contributed by atoms with Crippen LogP contribution in [0.3, 0.4) is 0 Å². The summed E-state index contributed by atoms with van der Waals surface area (Å²) in [5.74, 6) is 0.293. The van der Waals surface area contributed by atoms with Gasteiger partial charge in [0.15, 0.2) is 6.61 Å². The van der Waals surface area contributed by atoms with E-state index in [2.05, 4.69) is 21.2 Å². The third-order valence-corrected chi connectivity index (χ3v) is 5.92.